The number of hydrogen-bond donors (Lipinski definition) is 2. The first-order valence-electron chi connectivity index (χ1n) is 6.29. The zero-order valence-electron chi connectivity index (χ0n) is 11.4. The third-order valence-electron chi connectivity index (χ3n) is 2.88. The number of nitro groups is 1. The number of nitrogens with one attached hydrogen (secondary N) is 1. The Bertz CT molecular complexity index is 654. The van der Waals surface area contributed by atoms with Crippen molar-refractivity contribution in [3.05, 3.63) is 52.3 Å². The highest BCUT2D eigenvalue weighted by Crippen LogP contribution is 2.21. The standard InChI is InChI=1S/C13H15N5O3/c1-9(8-17-6-2-5-15-17)16-13(19)10-3-4-12(18(20)21)11(14)7-10/h2-7,9H,8,14H2,1H3,(H,16,19). The third-order valence-corrected chi connectivity index (χ3v) is 2.88. The average molecular weight is 289 g/mol. The van der Waals surface area contributed by atoms with Gasteiger partial charge in [0.05, 0.1) is 11.5 Å². The van der Waals surface area contributed by atoms with Gasteiger partial charge in [0.25, 0.3) is 11.6 Å². The van der Waals surface area contributed by atoms with E-state index in [1.165, 1.54) is 18.2 Å². The fourth-order valence-electron chi connectivity index (χ4n) is 1.90. The Labute approximate surface area is 120 Å². The third kappa shape index (κ3) is 3.56. The molecule has 0 saturated heterocycles. The van der Waals surface area contributed by atoms with Crippen LogP contribution in [0.1, 0.15) is 17.3 Å². The molecule has 1 heterocycles. The zero-order chi connectivity index (χ0) is 15.4. The van der Waals surface area contributed by atoms with Crippen LogP contribution in [0.15, 0.2) is 36.7 Å². The molecule has 0 aliphatic rings. The average Bonchev–Trinajstić information content (AvgIpc) is 2.90. The lowest BCUT2D eigenvalue weighted by molar-refractivity contribution is -0.383. The highest BCUT2D eigenvalue weighted by atomic mass is 16.6. The van der Waals surface area contributed by atoms with Crippen molar-refractivity contribution in [2.45, 2.75) is 19.5 Å². The van der Waals surface area contributed by atoms with E-state index in [9.17, 15) is 14.9 Å². The topological polar surface area (TPSA) is 116 Å². The van der Waals surface area contributed by atoms with Crippen molar-refractivity contribution in [3.63, 3.8) is 0 Å². The smallest absolute Gasteiger partial charge is 0.292 e. The minimum absolute atomic E-state index is 0.0348. The molecule has 2 aromatic rings. The summed E-state index contributed by atoms with van der Waals surface area (Å²) in [6.45, 7) is 2.37. The zero-order valence-corrected chi connectivity index (χ0v) is 11.4. The maximum absolute atomic E-state index is 12.1. The molecule has 1 unspecified atom stereocenters. The van der Waals surface area contributed by atoms with Gasteiger partial charge in [-0.1, -0.05) is 0 Å². The van der Waals surface area contributed by atoms with Crippen LogP contribution >= 0.6 is 0 Å². The van der Waals surface area contributed by atoms with Crippen LogP contribution in [0.25, 0.3) is 0 Å². The first kappa shape index (κ1) is 14.5. The number of amides is 1. The van der Waals surface area contributed by atoms with E-state index in [1.54, 1.807) is 23.1 Å². The van der Waals surface area contributed by atoms with Crippen molar-refractivity contribution >= 4 is 17.3 Å². The summed E-state index contributed by atoms with van der Waals surface area (Å²) in [7, 11) is 0. The Morgan fingerprint density at radius 2 is 2.33 bits per heavy atom. The van der Waals surface area contributed by atoms with Crippen LogP contribution in [0.4, 0.5) is 11.4 Å². The summed E-state index contributed by atoms with van der Waals surface area (Å²) in [5, 5.41) is 17.5. The summed E-state index contributed by atoms with van der Waals surface area (Å²) in [4.78, 5) is 22.1. The second-order valence-electron chi connectivity index (χ2n) is 4.63. The highest BCUT2D eigenvalue weighted by Gasteiger charge is 2.16. The quantitative estimate of drug-likeness (QED) is 0.487. The Balaban J connectivity index is 2.03. The number of aromatic nitrogens is 2. The minimum Gasteiger partial charge on any atom is -0.393 e. The SMILES string of the molecule is CC(Cn1cccn1)NC(=O)c1ccc([N+](=O)[O-])c(N)c1. The van der Waals surface area contributed by atoms with Crippen molar-refractivity contribution in [1.82, 2.24) is 15.1 Å². The van der Waals surface area contributed by atoms with Crippen LogP contribution in [-0.2, 0) is 6.54 Å². The number of hydrogen-bond acceptors (Lipinski definition) is 5. The number of anilines is 1. The van der Waals surface area contributed by atoms with E-state index in [2.05, 4.69) is 10.4 Å². The lowest BCUT2D eigenvalue weighted by atomic mass is 10.1. The predicted molar refractivity (Wildman–Crippen MR) is 76.7 cm³/mol. The van der Waals surface area contributed by atoms with Gasteiger partial charge in [-0.3, -0.25) is 19.6 Å². The van der Waals surface area contributed by atoms with Gasteiger partial charge in [-0.25, -0.2) is 0 Å². The molecule has 8 nitrogen and oxygen atoms in total. The molecule has 0 fully saturated rings. The van der Waals surface area contributed by atoms with Crippen LogP contribution < -0.4 is 11.1 Å². The molecule has 21 heavy (non-hydrogen) atoms. The van der Waals surface area contributed by atoms with Crippen LogP contribution in [-0.4, -0.2) is 26.7 Å². The second kappa shape index (κ2) is 6.04. The van der Waals surface area contributed by atoms with Crippen LogP contribution in [0.3, 0.4) is 0 Å². The van der Waals surface area contributed by atoms with Crippen LogP contribution in [0.5, 0.6) is 0 Å². The van der Waals surface area contributed by atoms with Gasteiger partial charge in [0.2, 0.25) is 0 Å². The summed E-state index contributed by atoms with van der Waals surface area (Å²) in [6.07, 6.45) is 3.46. The normalized spacial score (nSPS) is 11.9. The molecule has 0 aliphatic carbocycles. The van der Waals surface area contributed by atoms with Crippen LogP contribution in [0.2, 0.25) is 0 Å². The number of carbonyl (C=O) groups excluding carboxylic acids is 1. The lowest BCUT2D eigenvalue weighted by Crippen LogP contribution is -2.35. The fourth-order valence-corrected chi connectivity index (χ4v) is 1.90. The minimum atomic E-state index is -0.586. The van der Waals surface area contributed by atoms with Gasteiger partial charge < -0.3 is 11.1 Å². The van der Waals surface area contributed by atoms with Crippen molar-refractivity contribution in [2.24, 2.45) is 0 Å². The maximum Gasteiger partial charge on any atom is 0.292 e. The first-order valence-corrected chi connectivity index (χ1v) is 6.29. The fraction of sp³-hybridized carbons (Fsp3) is 0.231. The Hall–Kier alpha value is -2.90. The molecule has 1 amide bonds. The van der Waals surface area contributed by atoms with Gasteiger partial charge in [0.1, 0.15) is 5.69 Å². The summed E-state index contributed by atoms with van der Waals surface area (Å²) < 4.78 is 1.70. The second-order valence-corrected chi connectivity index (χ2v) is 4.63. The van der Waals surface area contributed by atoms with Gasteiger partial charge in [0, 0.05) is 30.1 Å². The summed E-state index contributed by atoms with van der Waals surface area (Å²) in [5.41, 5.74) is 5.60. The number of nitrogens with two attached hydrogens (primary N) is 1. The molecular formula is C13H15N5O3. The molecule has 110 valence electrons. The van der Waals surface area contributed by atoms with E-state index in [0.717, 1.165) is 0 Å². The molecule has 0 aliphatic heterocycles. The molecule has 0 saturated carbocycles. The molecule has 2 rings (SSSR count). The van der Waals surface area contributed by atoms with E-state index in [0.29, 0.717) is 6.54 Å². The number of carbonyl (C=O) groups is 1. The lowest BCUT2D eigenvalue weighted by Gasteiger charge is -2.14. The molecule has 8 heteroatoms. The molecule has 0 bridgehead atoms. The van der Waals surface area contributed by atoms with E-state index >= 15 is 0 Å². The van der Waals surface area contributed by atoms with Crippen molar-refractivity contribution in [2.75, 3.05) is 5.73 Å². The number of nitrogen functional groups attached to an aromatic ring is 1. The molecule has 1 aromatic heterocycles. The monoisotopic (exact) mass is 289 g/mol. The van der Waals surface area contributed by atoms with E-state index in [4.69, 9.17) is 5.73 Å². The molecular weight excluding hydrogens is 274 g/mol. The molecule has 1 atom stereocenters. The van der Waals surface area contributed by atoms with Gasteiger partial charge in [0.15, 0.2) is 0 Å². The summed E-state index contributed by atoms with van der Waals surface area (Å²) in [6, 6.07) is 5.56. The number of benzene rings is 1. The molecule has 3 N–H and O–H groups in total. The predicted octanol–water partition coefficient (Wildman–Crippen LogP) is 1.19. The van der Waals surface area contributed by atoms with Gasteiger partial charge in [-0.2, -0.15) is 5.10 Å². The van der Waals surface area contributed by atoms with Gasteiger partial charge in [-0.05, 0) is 25.1 Å². The molecule has 1 aromatic carbocycles. The maximum atomic E-state index is 12.1. The van der Waals surface area contributed by atoms with E-state index in [1.807, 2.05) is 6.92 Å². The first-order chi connectivity index (χ1) is 9.97. The number of rotatable bonds is 5. The Morgan fingerprint density at radius 1 is 1.57 bits per heavy atom. The summed E-state index contributed by atoms with van der Waals surface area (Å²) >= 11 is 0. The van der Waals surface area contributed by atoms with E-state index in [-0.39, 0.29) is 28.9 Å². The van der Waals surface area contributed by atoms with Crippen LogP contribution in [0, 0.1) is 10.1 Å². The van der Waals surface area contributed by atoms with Gasteiger partial charge >= 0.3 is 0 Å². The molecule has 0 spiro atoms. The summed E-state index contributed by atoms with van der Waals surface area (Å²) in [5.74, 6) is -0.337. The van der Waals surface area contributed by atoms with E-state index < -0.39 is 4.92 Å². The Morgan fingerprint density at radius 3 is 2.90 bits per heavy atom. The number of nitro benzene ring substituents is 1. The largest absolute Gasteiger partial charge is 0.393 e. The number of nitrogens with zero attached hydrogens (tertiary/aromatic N) is 3. The highest BCUT2D eigenvalue weighted by molar-refractivity contribution is 5.95. The van der Waals surface area contributed by atoms with Crippen molar-refractivity contribution in [3.8, 4) is 0 Å². The van der Waals surface area contributed by atoms with Crippen molar-refractivity contribution in [1.29, 1.82) is 0 Å². The molecule has 0 radical (unpaired) electrons. The Kier molecular flexibility index (Phi) is 4.17. The van der Waals surface area contributed by atoms with Gasteiger partial charge in [-0.15, -0.1) is 0 Å². The van der Waals surface area contributed by atoms with Crippen molar-refractivity contribution < 1.29 is 9.72 Å².